The highest BCUT2D eigenvalue weighted by Crippen LogP contribution is 2.18. The molecule has 1 atom stereocenters. The first-order valence-electron chi connectivity index (χ1n) is 6.09. The van der Waals surface area contributed by atoms with Crippen LogP contribution in [-0.4, -0.2) is 27.1 Å². The molecule has 0 radical (unpaired) electrons. The summed E-state index contributed by atoms with van der Waals surface area (Å²) in [6.07, 6.45) is 0. The number of amides is 2. The largest absolute Gasteiger partial charge is 0.476 e. The Balaban J connectivity index is 1.86. The standard InChI is InChI=1S/C12H14N4O3S2/c1-6-9(21-5-14-6)3-13-12(19)15-7(2)10-16-8(4-20-10)11(17)18/h4-5,7H,3H2,1-2H3,(H,17,18)(H2,13,15,19). The van der Waals surface area contributed by atoms with Crippen molar-refractivity contribution in [2.24, 2.45) is 0 Å². The molecule has 2 rings (SSSR count). The minimum atomic E-state index is -1.07. The lowest BCUT2D eigenvalue weighted by atomic mass is 10.3. The minimum absolute atomic E-state index is 0.00987. The van der Waals surface area contributed by atoms with E-state index in [0.29, 0.717) is 11.6 Å². The second-order valence-electron chi connectivity index (χ2n) is 4.29. The lowest BCUT2D eigenvalue weighted by molar-refractivity contribution is 0.0691. The number of hydrogen-bond donors (Lipinski definition) is 3. The number of thiazole rings is 2. The van der Waals surface area contributed by atoms with Crippen LogP contribution in [-0.2, 0) is 6.54 Å². The van der Waals surface area contributed by atoms with Gasteiger partial charge in [-0.3, -0.25) is 0 Å². The molecule has 0 aliphatic rings. The number of aryl methyl sites for hydroxylation is 1. The normalized spacial score (nSPS) is 11.9. The average Bonchev–Trinajstić information content (AvgIpc) is 3.05. The van der Waals surface area contributed by atoms with Gasteiger partial charge in [0.15, 0.2) is 5.69 Å². The number of carboxylic acids is 1. The molecular formula is C12H14N4O3S2. The van der Waals surface area contributed by atoms with Crippen LogP contribution in [0.1, 0.15) is 39.0 Å². The van der Waals surface area contributed by atoms with Crippen molar-refractivity contribution >= 4 is 34.7 Å². The molecule has 3 N–H and O–H groups in total. The van der Waals surface area contributed by atoms with Gasteiger partial charge in [0.25, 0.3) is 0 Å². The van der Waals surface area contributed by atoms with E-state index in [9.17, 15) is 9.59 Å². The second-order valence-corrected chi connectivity index (χ2v) is 6.11. The van der Waals surface area contributed by atoms with E-state index in [0.717, 1.165) is 10.6 Å². The first-order chi connectivity index (χ1) is 9.97. The van der Waals surface area contributed by atoms with Gasteiger partial charge in [-0.2, -0.15) is 0 Å². The van der Waals surface area contributed by atoms with Crippen LogP contribution in [0.2, 0.25) is 0 Å². The Morgan fingerprint density at radius 2 is 2.19 bits per heavy atom. The van der Waals surface area contributed by atoms with Gasteiger partial charge in [0.2, 0.25) is 0 Å². The lowest BCUT2D eigenvalue weighted by Crippen LogP contribution is -2.36. The molecular weight excluding hydrogens is 312 g/mol. The Kier molecular flexibility index (Phi) is 4.86. The number of hydrogen-bond acceptors (Lipinski definition) is 6. The summed E-state index contributed by atoms with van der Waals surface area (Å²) in [6.45, 7) is 4.05. The molecule has 0 saturated carbocycles. The van der Waals surface area contributed by atoms with Gasteiger partial charge in [-0.05, 0) is 13.8 Å². The zero-order chi connectivity index (χ0) is 15.4. The Morgan fingerprint density at radius 1 is 1.43 bits per heavy atom. The first kappa shape index (κ1) is 15.4. The summed E-state index contributed by atoms with van der Waals surface area (Å²) in [5.41, 5.74) is 2.62. The average molecular weight is 326 g/mol. The maximum atomic E-state index is 11.8. The molecule has 2 aromatic heterocycles. The molecule has 9 heteroatoms. The molecule has 0 saturated heterocycles. The summed E-state index contributed by atoms with van der Waals surface area (Å²) in [6, 6.07) is -0.687. The number of nitrogens with zero attached hydrogens (tertiary/aromatic N) is 2. The monoisotopic (exact) mass is 326 g/mol. The SMILES string of the molecule is Cc1ncsc1CNC(=O)NC(C)c1nc(C(=O)O)cs1. The number of carbonyl (C=O) groups is 2. The van der Waals surface area contributed by atoms with Gasteiger partial charge in [-0.1, -0.05) is 0 Å². The predicted octanol–water partition coefficient (Wildman–Crippen LogP) is 2.17. The number of aromatic nitrogens is 2. The van der Waals surface area contributed by atoms with Crippen LogP contribution >= 0.6 is 22.7 Å². The van der Waals surface area contributed by atoms with Gasteiger partial charge in [-0.25, -0.2) is 19.6 Å². The van der Waals surface area contributed by atoms with Crippen molar-refractivity contribution in [2.75, 3.05) is 0 Å². The van der Waals surface area contributed by atoms with Gasteiger partial charge in [0, 0.05) is 10.3 Å². The number of urea groups is 1. The highest BCUT2D eigenvalue weighted by molar-refractivity contribution is 7.10. The topological polar surface area (TPSA) is 104 Å². The molecule has 0 spiro atoms. The first-order valence-corrected chi connectivity index (χ1v) is 7.85. The number of carbonyl (C=O) groups excluding carboxylic acids is 1. The van der Waals surface area contributed by atoms with E-state index in [1.807, 2.05) is 6.92 Å². The van der Waals surface area contributed by atoms with E-state index in [-0.39, 0.29) is 17.8 Å². The van der Waals surface area contributed by atoms with E-state index in [1.54, 1.807) is 12.4 Å². The minimum Gasteiger partial charge on any atom is -0.476 e. The summed E-state index contributed by atoms with van der Waals surface area (Å²) in [5, 5.41) is 16.3. The zero-order valence-electron chi connectivity index (χ0n) is 11.4. The molecule has 7 nitrogen and oxygen atoms in total. The molecule has 1 unspecified atom stereocenters. The van der Waals surface area contributed by atoms with E-state index >= 15 is 0 Å². The predicted molar refractivity (Wildman–Crippen MR) is 79.7 cm³/mol. The fourth-order valence-corrected chi connectivity index (χ4v) is 3.07. The van der Waals surface area contributed by atoms with Crippen molar-refractivity contribution in [3.8, 4) is 0 Å². The highest BCUT2D eigenvalue weighted by atomic mass is 32.1. The van der Waals surface area contributed by atoms with Crippen LogP contribution in [0.25, 0.3) is 0 Å². The number of carboxylic acid groups (broad SMARTS) is 1. The molecule has 0 fully saturated rings. The molecule has 2 aromatic rings. The van der Waals surface area contributed by atoms with Crippen LogP contribution in [0.3, 0.4) is 0 Å². The molecule has 0 bridgehead atoms. The number of rotatable bonds is 5. The van der Waals surface area contributed by atoms with Crippen molar-refractivity contribution < 1.29 is 14.7 Å². The van der Waals surface area contributed by atoms with Crippen LogP contribution < -0.4 is 10.6 Å². The second kappa shape index (κ2) is 6.64. The van der Waals surface area contributed by atoms with E-state index < -0.39 is 5.97 Å². The van der Waals surface area contributed by atoms with E-state index in [4.69, 9.17) is 5.11 Å². The highest BCUT2D eigenvalue weighted by Gasteiger charge is 2.16. The van der Waals surface area contributed by atoms with Crippen LogP contribution in [0.4, 0.5) is 4.79 Å². The third-order valence-corrected chi connectivity index (χ3v) is 4.68. The molecule has 112 valence electrons. The molecule has 0 aliphatic heterocycles. The van der Waals surface area contributed by atoms with Gasteiger partial charge in [0.05, 0.1) is 23.8 Å². The van der Waals surface area contributed by atoms with E-state index in [1.165, 1.54) is 28.1 Å². The van der Waals surface area contributed by atoms with Crippen molar-refractivity contribution in [3.63, 3.8) is 0 Å². The third kappa shape index (κ3) is 3.99. The molecule has 21 heavy (non-hydrogen) atoms. The summed E-state index contributed by atoms with van der Waals surface area (Å²) in [7, 11) is 0. The Hall–Kier alpha value is -2.00. The summed E-state index contributed by atoms with van der Waals surface area (Å²) in [4.78, 5) is 31.6. The fraction of sp³-hybridized carbons (Fsp3) is 0.333. The third-order valence-electron chi connectivity index (χ3n) is 2.71. The zero-order valence-corrected chi connectivity index (χ0v) is 13.0. The summed E-state index contributed by atoms with van der Waals surface area (Å²) < 4.78 is 0. The lowest BCUT2D eigenvalue weighted by Gasteiger charge is -2.12. The smallest absolute Gasteiger partial charge is 0.355 e. The van der Waals surface area contributed by atoms with Crippen LogP contribution in [0.15, 0.2) is 10.9 Å². The molecule has 0 aliphatic carbocycles. The maximum absolute atomic E-state index is 11.8. The van der Waals surface area contributed by atoms with Gasteiger partial charge < -0.3 is 15.7 Å². The van der Waals surface area contributed by atoms with Gasteiger partial charge >= 0.3 is 12.0 Å². The summed E-state index contributed by atoms with van der Waals surface area (Å²) >= 11 is 2.69. The number of nitrogens with one attached hydrogen (secondary N) is 2. The van der Waals surface area contributed by atoms with Crippen molar-refractivity contribution in [2.45, 2.75) is 26.4 Å². The van der Waals surface area contributed by atoms with Crippen molar-refractivity contribution in [1.82, 2.24) is 20.6 Å². The van der Waals surface area contributed by atoms with Crippen LogP contribution in [0, 0.1) is 6.92 Å². The molecule has 2 heterocycles. The van der Waals surface area contributed by atoms with E-state index in [2.05, 4.69) is 20.6 Å². The Morgan fingerprint density at radius 3 is 2.76 bits per heavy atom. The van der Waals surface area contributed by atoms with Crippen molar-refractivity contribution in [3.05, 3.63) is 32.2 Å². The number of aromatic carboxylic acids is 1. The summed E-state index contributed by atoms with van der Waals surface area (Å²) in [5.74, 6) is -1.07. The Bertz CT molecular complexity index is 652. The van der Waals surface area contributed by atoms with Gasteiger partial charge in [-0.15, -0.1) is 22.7 Å². The molecule has 0 aromatic carbocycles. The maximum Gasteiger partial charge on any atom is 0.355 e. The quantitative estimate of drug-likeness (QED) is 0.781. The molecule has 2 amide bonds. The Labute approximate surface area is 129 Å². The van der Waals surface area contributed by atoms with Crippen molar-refractivity contribution in [1.29, 1.82) is 0 Å². The van der Waals surface area contributed by atoms with Crippen LogP contribution in [0.5, 0.6) is 0 Å². The fourth-order valence-electron chi connectivity index (χ4n) is 1.55. The van der Waals surface area contributed by atoms with Gasteiger partial charge in [0.1, 0.15) is 5.01 Å².